The van der Waals surface area contributed by atoms with Crippen LogP contribution in [0.4, 0.5) is 0 Å². The monoisotopic (exact) mass is 1020 g/mol. The predicted molar refractivity (Wildman–Crippen MR) is 293 cm³/mol. The first-order chi connectivity index (χ1) is 35.5. The van der Waals surface area contributed by atoms with Gasteiger partial charge in [0.25, 0.3) is 14.1 Å². The molecule has 14 heteroatoms. The van der Waals surface area contributed by atoms with Crippen molar-refractivity contribution in [3.8, 4) is 17.6 Å². The SMILES string of the molecule is CCCCCCCCCCCCCCCC(=O)NCCC[C@@H]1[C@H](OP(OCCC#N)N(C(C)C)C(C)C)[C@@H](COC(c2ccccc2)(c2ccc(OC)cc2)c2ccc(OC)cc2)C[C@H]1n1ccc(=O)[nH]c1=O. The molecule has 13 nitrogen and oxygen atoms in total. The Bertz CT molecular complexity index is 2280. The van der Waals surface area contributed by atoms with Gasteiger partial charge >= 0.3 is 5.69 Å². The van der Waals surface area contributed by atoms with E-state index in [1.807, 2.05) is 66.7 Å². The van der Waals surface area contributed by atoms with Gasteiger partial charge in [-0.3, -0.25) is 19.1 Å². The number of methoxy groups -OCH3 is 2. The highest BCUT2D eigenvalue weighted by Gasteiger charge is 2.49. The third kappa shape index (κ3) is 17.6. The quantitative estimate of drug-likeness (QED) is 0.0258. The van der Waals surface area contributed by atoms with Gasteiger partial charge in [-0.05, 0) is 94.3 Å². The first-order valence-electron chi connectivity index (χ1n) is 27.3. The minimum atomic E-state index is -1.73. The number of rotatable bonds is 35. The van der Waals surface area contributed by atoms with Gasteiger partial charge in [0.05, 0.1) is 46.0 Å². The third-order valence-electron chi connectivity index (χ3n) is 14.2. The maximum Gasteiger partial charge on any atom is 0.328 e. The van der Waals surface area contributed by atoms with Gasteiger partial charge in [-0.15, -0.1) is 0 Å². The Balaban J connectivity index is 1.43. The van der Waals surface area contributed by atoms with Crippen molar-refractivity contribution in [2.75, 3.05) is 34.0 Å². The number of amides is 1. The van der Waals surface area contributed by atoms with E-state index in [0.717, 1.165) is 36.0 Å². The Labute approximate surface area is 437 Å². The van der Waals surface area contributed by atoms with Crippen LogP contribution in [0.3, 0.4) is 0 Å². The molecular weight excluding hydrogens is 938 g/mol. The number of nitrogens with zero attached hydrogens (tertiary/aromatic N) is 3. The van der Waals surface area contributed by atoms with E-state index in [1.165, 1.54) is 70.3 Å². The zero-order valence-corrected chi connectivity index (χ0v) is 45.9. The third-order valence-corrected chi connectivity index (χ3v) is 16.4. The number of H-pyrrole nitrogens is 1. The summed E-state index contributed by atoms with van der Waals surface area (Å²) in [6, 6.07) is 29.3. The fraction of sp³-hybridized carbons (Fsp3) is 0.593. The molecule has 1 fully saturated rings. The molecule has 4 aromatic rings. The summed E-state index contributed by atoms with van der Waals surface area (Å²) < 4.78 is 36.6. The lowest BCUT2D eigenvalue weighted by Gasteiger charge is -2.40. The average Bonchev–Trinajstić information content (AvgIpc) is 3.72. The van der Waals surface area contributed by atoms with E-state index >= 15 is 0 Å². The number of benzene rings is 3. The molecule has 73 heavy (non-hydrogen) atoms. The highest BCUT2D eigenvalue weighted by atomic mass is 31.2. The first kappa shape index (κ1) is 59.1. The molecule has 5 atom stereocenters. The minimum Gasteiger partial charge on any atom is -0.497 e. The van der Waals surface area contributed by atoms with Gasteiger partial charge < -0.3 is 28.6 Å². The molecule has 400 valence electrons. The Morgan fingerprint density at radius 3 is 1.85 bits per heavy atom. The van der Waals surface area contributed by atoms with Crippen molar-refractivity contribution in [2.24, 2.45) is 11.8 Å². The van der Waals surface area contributed by atoms with Crippen LogP contribution in [-0.2, 0) is 24.2 Å². The fourth-order valence-electron chi connectivity index (χ4n) is 10.5. The molecule has 5 rings (SSSR count). The van der Waals surface area contributed by atoms with Crippen LogP contribution < -0.4 is 26.0 Å². The van der Waals surface area contributed by atoms with Crippen molar-refractivity contribution in [3.05, 3.63) is 129 Å². The maximum atomic E-state index is 13.8. The van der Waals surface area contributed by atoms with E-state index in [0.29, 0.717) is 43.7 Å². The zero-order valence-electron chi connectivity index (χ0n) is 45.0. The molecule has 3 aromatic carbocycles. The van der Waals surface area contributed by atoms with Gasteiger partial charge in [0, 0.05) is 55.2 Å². The van der Waals surface area contributed by atoms with Crippen LogP contribution in [-0.4, -0.2) is 72.3 Å². The van der Waals surface area contributed by atoms with Crippen molar-refractivity contribution < 1.29 is 28.1 Å². The Morgan fingerprint density at radius 1 is 0.781 bits per heavy atom. The summed E-state index contributed by atoms with van der Waals surface area (Å²) in [5.41, 5.74) is 0.580. The standard InChI is InChI=1S/C59H86N5O8P/c1-8-9-10-11-12-13-14-15-16-17-18-19-23-29-55(65)61-40-24-28-53-54(63-41-38-56(66)62-58(63)67)43-47(57(53)72-73(71-42-25-39-60)64(45(2)3)46(4)5)44-70-59(48-26-21-20-22-27-48,49-30-34-51(68-6)35-31-49)50-32-36-52(69-7)37-33-50/h20-22,26-27,30-38,41,45-47,53-54,57H,8-19,23-25,28-29,40,42-44H2,1-7H3,(H,61,65)(H,62,66,67)/t47-,53+,54-,57-,73?/m1/s1. The highest BCUT2D eigenvalue weighted by molar-refractivity contribution is 7.44. The molecule has 1 heterocycles. The van der Waals surface area contributed by atoms with E-state index in [1.54, 1.807) is 25.0 Å². The zero-order chi connectivity index (χ0) is 52.4. The Kier molecular flexibility index (Phi) is 25.7. The molecule has 0 bridgehead atoms. The molecule has 1 amide bonds. The number of carbonyl (C=O) groups excluding carboxylic acids is 1. The summed E-state index contributed by atoms with van der Waals surface area (Å²) in [7, 11) is 1.57. The number of hydrogen-bond acceptors (Lipinski definition) is 10. The summed E-state index contributed by atoms with van der Waals surface area (Å²) in [4.78, 5) is 42.1. The summed E-state index contributed by atoms with van der Waals surface area (Å²) in [6.45, 7) is 11.6. The number of unbranched alkanes of at least 4 members (excludes halogenated alkanes) is 12. The van der Waals surface area contributed by atoms with Crippen LogP contribution in [0.2, 0.25) is 0 Å². The highest BCUT2D eigenvalue weighted by Crippen LogP contribution is 2.55. The van der Waals surface area contributed by atoms with E-state index < -0.39 is 37.5 Å². The van der Waals surface area contributed by atoms with Gasteiger partial charge in [0.15, 0.2) is 0 Å². The van der Waals surface area contributed by atoms with Crippen molar-refractivity contribution in [1.82, 2.24) is 19.5 Å². The number of hydrogen-bond donors (Lipinski definition) is 2. The van der Waals surface area contributed by atoms with Crippen molar-refractivity contribution in [2.45, 2.75) is 180 Å². The summed E-state index contributed by atoms with van der Waals surface area (Å²) in [5.74, 6) is 0.901. The van der Waals surface area contributed by atoms with Crippen molar-refractivity contribution >= 4 is 14.4 Å². The van der Waals surface area contributed by atoms with E-state index in [4.69, 9.17) is 23.3 Å². The number of carbonyl (C=O) groups is 1. The minimum absolute atomic E-state index is 0.0429. The van der Waals surface area contributed by atoms with Gasteiger partial charge in [-0.2, -0.15) is 5.26 Å². The molecule has 1 unspecified atom stereocenters. The topological polar surface area (TPSA) is 157 Å². The predicted octanol–water partition coefficient (Wildman–Crippen LogP) is 12.8. The van der Waals surface area contributed by atoms with Gasteiger partial charge in [-0.1, -0.05) is 139 Å². The molecular formula is C59H86N5O8P. The lowest BCUT2D eigenvalue weighted by atomic mass is 9.79. The lowest BCUT2D eigenvalue weighted by Crippen LogP contribution is -2.39. The Morgan fingerprint density at radius 2 is 1.33 bits per heavy atom. The van der Waals surface area contributed by atoms with Crippen LogP contribution in [0.25, 0.3) is 0 Å². The molecule has 1 aliphatic rings. The number of nitrogens with one attached hydrogen (secondary N) is 2. The largest absolute Gasteiger partial charge is 0.497 e. The van der Waals surface area contributed by atoms with E-state index in [2.05, 4.69) is 67.8 Å². The van der Waals surface area contributed by atoms with Gasteiger partial charge in [-0.25, -0.2) is 9.46 Å². The smallest absolute Gasteiger partial charge is 0.328 e. The van der Waals surface area contributed by atoms with Crippen molar-refractivity contribution in [3.63, 3.8) is 0 Å². The maximum absolute atomic E-state index is 13.8. The molecule has 1 aliphatic carbocycles. The van der Waals surface area contributed by atoms with Crippen LogP contribution in [0.5, 0.6) is 11.5 Å². The number of nitriles is 1. The summed E-state index contributed by atoms with van der Waals surface area (Å²) in [6.07, 6.45) is 19.8. The van der Waals surface area contributed by atoms with Gasteiger partial charge in [0.2, 0.25) is 5.91 Å². The number of ether oxygens (including phenoxy) is 3. The summed E-state index contributed by atoms with van der Waals surface area (Å²) >= 11 is 0. The van der Waals surface area contributed by atoms with E-state index in [-0.39, 0.29) is 49.5 Å². The molecule has 0 aliphatic heterocycles. The second kappa shape index (κ2) is 31.8. The average molecular weight is 1020 g/mol. The molecule has 1 saturated carbocycles. The molecule has 0 spiro atoms. The fourth-order valence-corrected chi connectivity index (χ4v) is 12.4. The van der Waals surface area contributed by atoms with Gasteiger partial charge in [0.1, 0.15) is 17.1 Å². The second-order valence-electron chi connectivity index (χ2n) is 20.2. The molecule has 0 saturated heterocycles. The first-order valence-corrected chi connectivity index (χ1v) is 28.4. The van der Waals surface area contributed by atoms with Crippen LogP contribution in [0.15, 0.2) is 101 Å². The van der Waals surface area contributed by atoms with Crippen LogP contribution in [0.1, 0.15) is 173 Å². The summed E-state index contributed by atoms with van der Waals surface area (Å²) in [5, 5.41) is 12.8. The second-order valence-corrected chi connectivity index (χ2v) is 21.6. The van der Waals surface area contributed by atoms with Crippen molar-refractivity contribution in [1.29, 1.82) is 5.26 Å². The number of aromatic amines is 1. The van der Waals surface area contributed by atoms with E-state index in [9.17, 15) is 19.6 Å². The molecule has 1 aromatic heterocycles. The normalized spacial score (nSPS) is 17.3. The lowest BCUT2D eigenvalue weighted by molar-refractivity contribution is -0.121. The van der Waals surface area contributed by atoms with Crippen LogP contribution in [0, 0.1) is 23.2 Å². The van der Waals surface area contributed by atoms with Crippen LogP contribution >= 0.6 is 8.53 Å². The number of aromatic nitrogens is 2. The Hall–Kier alpha value is -4.83. The molecule has 0 radical (unpaired) electrons. The molecule has 2 N–H and O–H groups in total.